The van der Waals surface area contributed by atoms with Gasteiger partial charge < -0.3 is 11.1 Å². The minimum absolute atomic E-state index is 0.0530. The number of nitrogens with two attached hydrogens (primary N) is 1. The summed E-state index contributed by atoms with van der Waals surface area (Å²) in [6.07, 6.45) is 3.29. The number of halogens is 1. The third-order valence-electron chi connectivity index (χ3n) is 3.73. The van der Waals surface area contributed by atoms with Crippen LogP contribution in [0.2, 0.25) is 0 Å². The molecule has 1 aromatic rings. The zero-order valence-electron chi connectivity index (χ0n) is 11.8. The summed E-state index contributed by atoms with van der Waals surface area (Å²) in [4.78, 5) is 14.2. The van der Waals surface area contributed by atoms with E-state index in [1.54, 1.807) is 12.1 Å². The Balaban J connectivity index is 1.93. The second-order valence-electron chi connectivity index (χ2n) is 5.45. The molecule has 1 aliphatic rings. The molecule has 3 N–H and O–H groups in total. The largest absolute Gasteiger partial charge is 0.327 e. The van der Waals surface area contributed by atoms with Crippen molar-refractivity contribution in [2.24, 2.45) is 5.73 Å². The Morgan fingerprint density at radius 2 is 2.35 bits per heavy atom. The second-order valence-corrected chi connectivity index (χ2v) is 5.45. The van der Waals surface area contributed by atoms with E-state index in [2.05, 4.69) is 10.2 Å². The Bertz CT molecular complexity index is 464. The quantitative estimate of drug-likeness (QED) is 0.886. The zero-order valence-corrected chi connectivity index (χ0v) is 11.8. The number of amides is 1. The highest BCUT2D eigenvalue weighted by Crippen LogP contribution is 2.19. The minimum Gasteiger partial charge on any atom is -0.327 e. The summed E-state index contributed by atoms with van der Waals surface area (Å²) in [6, 6.07) is 6.24. The summed E-state index contributed by atoms with van der Waals surface area (Å²) < 4.78 is 13.1. The monoisotopic (exact) mass is 279 g/mol. The van der Waals surface area contributed by atoms with E-state index >= 15 is 0 Å². The van der Waals surface area contributed by atoms with Crippen LogP contribution in [-0.4, -0.2) is 36.0 Å². The molecule has 5 heteroatoms. The van der Waals surface area contributed by atoms with Gasteiger partial charge in [0.2, 0.25) is 5.91 Å². The van der Waals surface area contributed by atoms with Gasteiger partial charge in [-0.25, -0.2) is 4.39 Å². The molecule has 2 rings (SSSR count). The highest BCUT2D eigenvalue weighted by molar-refractivity contribution is 5.92. The fourth-order valence-corrected chi connectivity index (χ4v) is 2.76. The van der Waals surface area contributed by atoms with Gasteiger partial charge in [-0.1, -0.05) is 12.5 Å². The number of nitrogens with zero attached hydrogens (tertiary/aromatic N) is 1. The first-order valence-corrected chi connectivity index (χ1v) is 7.11. The van der Waals surface area contributed by atoms with Gasteiger partial charge >= 0.3 is 0 Å². The van der Waals surface area contributed by atoms with Crippen LogP contribution in [0.5, 0.6) is 0 Å². The van der Waals surface area contributed by atoms with E-state index < -0.39 is 0 Å². The lowest BCUT2D eigenvalue weighted by Gasteiger charge is -2.37. The number of carbonyl (C=O) groups is 1. The molecule has 1 aromatic carbocycles. The number of carbonyl (C=O) groups excluding carboxylic acids is 1. The van der Waals surface area contributed by atoms with Crippen molar-refractivity contribution >= 4 is 11.6 Å². The molecule has 0 aromatic heterocycles. The fourth-order valence-electron chi connectivity index (χ4n) is 2.76. The normalized spacial score (nSPS) is 21.4. The Labute approximate surface area is 119 Å². The lowest BCUT2D eigenvalue weighted by atomic mass is 9.97. The molecule has 0 aliphatic carbocycles. The first-order chi connectivity index (χ1) is 9.56. The maximum Gasteiger partial charge on any atom is 0.238 e. The highest BCUT2D eigenvalue weighted by atomic mass is 19.1. The number of piperidine rings is 1. The number of likely N-dealkylation sites (tertiary alicyclic amines) is 1. The smallest absolute Gasteiger partial charge is 0.238 e. The van der Waals surface area contributed by atoms with E-state index in [1.165, 1.54) is 12.1 Å². The lowest BCUT2D eigenvalue weighted by Crippen LogP contribution is -2.51. The van der Waals surface area contributed by atoms with E-state index in [4.69, 9.17) is 5.73 Å². The van der Waals surface area contributed by atoms with Crippen molar-refractivity contribution in [3.63, 3.8) is 0 Å². The predicted octanol–water partition coefficient (Wildman–Crippen LogP) is 1.97. The SMILES string of the molecule is CC(N)C1CCCCN1CC(=O)Nc1cccc(F)c1. The highest BCUT2D eigenvalue weighted by Gasteiger charge is 2.26. The second kappa shape index (κ2) is 6.81. The zero-order chi connectivity index (χ0) is 14.5. The van der Waals surface area contributed by atoms with Crippen LogP contribution in [0.3, 0.4) is 0 Å². The van der Waals surface area contributed by atoms with Crippen molar-refractivity contribution in [3.05, 3.63) is 30.1 Å². The van der Waals surface area contributed by atoms with Crippen molar-refractivity contribution in [3.8, 4) is 0 Å². The Hall–Kier alpha value is -1.46. The molecule has 0 saturated carbocycles. The van der Waals surface area contributed by atoms with Crippen LogP contribution < -0.4 is 11.1 Å². The van der Waals surface area contributed by atoms with Gasteiger partial charge in [0.1, 0.15) is 5.82 Å². The van der Waals surface area contributed by atoms with E-state index in [0.717, 1.165) is 25.8 Å². The van der Waals surface area contributed by atoms with E-state index in [0.29, 0.717) is 12.2 Å². The standard InChI is InChI=1S/C15H22FN3O/c1-11(17)14-7-2-3-8-19(14)10-15(20)18-13-6-4-5-12(16)9-13/h4-6,9,11,14H,2-3,7-8,10,17H2,1H3,(H,18,20). The predicted molar refractivity (Wildman–Crippen MR) is 77.9 cm³/mol. The Morgan fingerprint density at radius 1 is 1.55 bits per heavy atom. The summed E-state index contributed by atoms with van der Waals surface area (Å²) in [5.41, 5.74) is 6.47. The van der Waals surface area contributed by atoms with E-state index in [1.807, 2.05) is 6.92 Å². The van der Waals surface area contributed by atoms with Gasteiger partial charge in [-0.15, -0.1) is 0 Å². The van der Waals surface area contributed by atoms with Crippen molar-refractivity contribution in [1.29, 1.82) is 0 Å². The summed E-state index contributed by atoms with van der Waals surface area (Å²) >= 11 is 0. The molecule has 2 unspecified atom stereocenters. The molecule has 1 saturated heterocycles. The Kier molecular flexibility index (Phi) is 5.09. The molecule has 0 bridgehead atoms. The molecular formula is C15H22FN3O. The van der Waals surface area contributed by atoms with Gasteiger partial charge in [0.25, 0.3) is 0 Å². The summed E-state index contributed by atoms with van der Waals surface area (Å²) in [6.45, 7) is 3.18. The van der Waals surface area contributed by atoms with Crippen LogP contribution in [0.4, 0.5) is 10.1 Å². The summed E-state index contributed by atoms with van der Waals surface area (Å²) in [5.74, 6) is -0.475. The molecule has 20 heavy (non-hydrogen) atoms. The first kappa shape index (κ1) is 14.9. The molecule has 1 amide bonds. The van der Waals surface area contributed by atoms with Gasteiger partial charge in [0, 0.05) is 17.8 Å². The van der Waals surface area contributed by atoms with Gasteiger partial charge in [0.15, 0.2) is 0 Å². The molecule has 2 atom stereocenters. The van der Waals surface area contributed by atoms with Crippen LogP contribution >= 0.6 is 0 Å². The van der Waals surface area contributed by atoms with E-state index in [-0.39, 0.29) is 23.8 Å². The van der Waals surface area contributed by atoms with Crippen LogP contribution in [0.25, 0.3) is 0 Å². The maximum absolute atomic E-state index is 13.1. The first-order valence-electron chi connectivity index (χ1n) is 7.11. The molecule has 1 fully saturated rings. The van der Waals surface area contributed by atoms with Crippen molar-refractivity contribution in [2.45, 2.75) is 38.3 Å². The lowest BCUT2D eigenvalue weighted by molar-refractivity contribution is -0.118. The van der Waals surface area contributed by atoms with Crippen molar-refractivity contribution in [2.75, 3.05) is 18.4 Å². The summed E-state index contributed by atoms with van der Waals surface area (Å²) in [7, 11) is 0. The van der Waals surface area contributed by atoms with Gasteiger partial charge in [-0.05, 0) is 44.5 Å². The average Bonchev–Trinajstić information content (AvgIpc) is 2.38. The minimum atomic E-state index is -0.353. The van der Waals surface area contributed by atoms with E-state index in [9.17, 15) is 9.18 Å². The fraction of sp³-hybridized carbons (Fsp3) is 0.533. The van der Waals surface area contributed by atoms with Crippen LogP contribution in [0.15, 0.2) is 24.3 Å². The number of rotatable bonds is 4. The molecule has 0 radical (unpaired) electrons. The topological polar surface area (TPSA) is 58.4 Å². The van der Waals surface area contributed by atoms with Crippen LogP contribution in [-0.2, 0) is 4.79 Å². The van der Waals surface area contributed by atoms with Gasteiger partial charge in [-0.3, -0.25) is 9.69 Å². The summed E-state index contributed by atoms with van der Waals surface area (Å²) in [5, 5.41) is 2.73. The maximum atomic E-state index is 13.1. The van der Waals surface area contributed by atoms with Crippen molar-refractivity contribution < 1.29 is 9.18 Å². The average molecular weight is 279 g/mol. The number of hydrogen-bond donors (Lipinski definition) is 2. The number of nitrogens with one attached hydrogen (secondary N) is 1. The van der Waals surface area contributed by atoms with Gasteiger partial charge in [0.05, 0.1) is 6.54 Å². The number of anilines is 1. The van der Waals surface area contributed by atoms with Gasteiger partial charge in [-0.2, -0.15) is 0 Å². The number of benzene rings is 1. The molecule has 1 aliphatic heterocycles. The molecule has 0 spiro atoms. The molecule has 110 valence electrons. The Morgan fingerprint density at radius 3 is 3.05 bits per heavy atom. The number of hydrogen-bond acceptors (Lipinski definition) is 3. The van der Waals surface area contributed by atoms with Crippen LogP contribution in [0, 0.1) is 5.82 Å². The third kappa shape index (κ3) is 4.02. The van der Waals surface area contributed by atoms with Crippen LogP contribution in [0.1, 0.15) is 26.2 Å². The molecule has 4 nitrogen and oxygen atoms in total. The third-order valence-corrected chi connectivity index (χ3v) is 3.73. The molecular weight excluding hydrogens is 257 g/mol. The molecule has 1 heterocycles. The van der Waals surface area contributed by atoms with Crippen molar-refractivity contribution in [1.82, 2.24) is 4.90 Å².